The molecule has 1 aliphatic carbocycles. The van der Waals surface area contributed by atoms with Gasteiger partial charge in [-0.05, 0) is 85.3 Å². The molecule has 1 atom stereocenters. The maximum absolute atomic E-state index is 13.7. The van der Waals surface area contributed by atoms with Gasteiger partial charge in [-0.3, -0.25) is 9.59 Å². The topological polar surface area (TPSA) is 121 Å². The van der Waals surface area contributed by atoms with Crippen molar-refractivity contribution in [2.75, 3.05) is 4.90 Å². The second-order valence-corrected chi connectivity index (χ2v) is 10.1. The molecule has 202 valence electrons. The van der Waals surface area contributed by atoms with Crippen LogP contribution in [0, 0.1) is 5.53 Å². The minimum Gasteiger partial charge on any atom is -0.481 e. The fourth-order valence-electron chi connectivity index (χ4n) is 4.77. The zero-order valence-corrected chi connectivity index (χ0v) is 22.6. The van der Waals surface area contributed by atoms with E-state index in [1.165, 1.54) is 37.7 Å². The average Bonchev–Trinajstić information content (AvgIpc) is 2.97. The van der Waals surface area contributed by atoms with Gasteiger partial charge in [-0.15, -0.1) is 5.11 Å². The molecule has 1 aliphatic rings. The highest BCUT2D eigenvalue weighted by molar-refractivity contribution is 6.30. The predicted octanol–water partition coefficient (Wildman–Crippen LogP) is 6.87. The van der Waals surface area contributed by atoms with Gasteiger partial charge in [0.25, 0.3) is 11.8 Å². The lowest BCUT2D eigenvalue weighted by Gasteiger charge is -2.27. The fraction of sp³-hybridized carbons (Fsp3) is 0.300. The van der Waals surface area contributed by atoms with Gasteiger partial charge in [-0.2, -0.15) is 4.99 Å². The summed E-state index contributed by atoms with van der Waals surface area (Å²) in [6, 6.07) is 21.9. The van der Waals surface area contributed by atoms with Crippen LogP contribution in [0.15, 0.2) is 82.9 Å². The number of carbonyl (C=O) groups excluding carboxylic acids is 2. The van der Waals surface area contributed by atoms with Crippen LogP contribution in [0.25, 0.3) is 0 Å². The molecule has 3 N–H and O–H groups in total. The Balaban J connectivity index is 1.56. The van der Waals surface area contributed by atoms with Gasteiger partial charge in [0.15, 0.2) is 6.10 Å². The van der Waals surface area contributed by atoms with E-state index in [-0.39, 0.29) is 12.5 Å². The minimum absolute atomic E-state index is 0.204. The Morgan fingerprint density at radius 1 is 1.00 bits per heavy atom. The standard InChI is InChI=1S/C30H32ClN5O3/c1-20(39-27-17-13-25(31)14-18-27)29(38)36(26-15-11-23(12-16-26)22-5-3-2-4-6-22)19-21-7-9-24(10-8-21)28(37)34-30(32)35-33/h7-18,20,22,33H,2-6,19H2,1H3,(H2,32,34,37). The number of rotatable bonds is 8. The summed E-state index contributed by atoms with van der Waals surface area (Å²) in [5.41, 5.74) is 15.4. The van der Waals surface area contributed by atoms with E-state index >= 15 is 0 Å². The van der Waals surface area contributed by atoms with Crippen molar-refractivity contribution >= 4 is 35.1 Å². The van der Waals surface area contributed by atoms with Crippen molar-refractivity contribution in [1.82, 2.24) is 0 Å². The van der Waals surface area contributed by atoms with Crippen LogP contribution < -0.4 is 15.4 Å². The zero-order valence-electron chi connectivity index (χ0n) is 21.8. The van der Waals surface area contributed by atoms with Crippen molar-refractivity contribution in [3.8, 4) is 5.75 Å². The van der Waals surface area contributed by atoms with Gasteiger partial charge in [0, 0.05) is 16.3 Å². The first-order chi connectivity index (χ1) is 18.8. The van der Waals surface area contributed by atoms with Crippen LogP contribution in [-0.2, 0) is 11.3 Å². The molecule has 1 saturated carbocycles. The Bertz CT molecular complexity index is 1320. The maximum Gasteiger partial charge on any atom is 0.280 e. The van der Waals surface area contributed by atoms with Gasteiger partial charge in [0.2, 0.25) is 5.96 Å². The van der Waals surface area contributed by atoms with E-state index in [2.05, 4.69) is 22.2 Å². The first-order valence-electron chi connectivity index (χ1n) is 13.0. The maximum atomic E-state index is 13.7. The number of anilines is 1. The fourth-order valence-corrected chi connectivity index (χ4v) is 4.90. The Kier molecular flexibility index (Phi) is 9.44. The number of guanidine groups is 1. The van der Waals surface area contributed by atoms with Gasteiger partial charge >= 0.3 is 0 Å². The van der Waals surface area contributed by atoms with E-state index < -0.39 is 18.0 Å². The molecule has 0 aromatic heterocycles. The summed E-state index contributed by atoms with van der Waals surface area (Å²) in [5.74, 6) is -0.0906. The van der Waals surface area contributed by atoms with Gasteiger partial charge < -0.3 is 15.4 Å². The molecule has 9 heteroatoms. The van der Waals surface area contributed by atoms with Crippen molar-refractivity contribution in [2.24, 2.45) is 15.8 Å². The third-order valence-electron chi connectivity index (χ3n) is 6.89. The Hall–Kier alpha value is -4.04. The molecule has 0 bridgehead atoms. The molecule has 2 amide bonds. The number of ether oxygens (including phenoxy) is 1. The van der Waals surface area contributed by atoms with E-state index in [4.69, 9.17) is 27.6 Å². The van der Waals surface area contributed by atoms with Crippen molar-refractivity contribution in [1.29, 1.82) is 5.53 Å². The molecule has 0 radical (unpaired) electrons. The molecule has 0 aliphatic heterocycles. The average molecular weight is 546 g/mol. The summed E-state index contributed by atoms with van der Waals surface area (Å²) in [7, 11) is 0. The summed E-state index contributed by atoms with van der Waals surface area (Å²) < 4.78 is 5.94. The summed E-state index contributed by atoms with van der Waals surface area (Å²) in [6.07, 6.45) is 5.45. The van der Waals surface area contributed by atoms with Crippen LogP contribution in [0.3, 0.4) is 0 Å². The summed E-state index contributed by atoms with van der Waals surface area (Å²) >= 11 is 5.98. The predicted molar refractivity (Wildman–Crippen MR) is 153 cm³/mol. The highest BCUT2D eigenvalue weighted by atomic mass is 35.5. The molecule has 0 heterocycles. The molecule has 1 fully saturated rings. The van der Waals surface area contributed by atoms with Crippen molar-refractivity contribution in [2.45, 2.75) is 57.6 Å². The third-order valence-corrected chi connectivity index (χ3v) is 7.15. The first kappa shape index (κ1) is 28.0. The van der Waals surface area contributed by atoms with Crippen LogP contribution in [0.5, 0.6) is 5.75 Å². The molecule has 0 spiro atoms. The van der Waals surface area contributed by atoms with Gasteiger partial charge in [0.05, 0.1) is 6.54 Å². The van der Waals surface area contributed by atoms with Crippen LogP contribution in [-0.4, -0.2) is 23.9 Å². The number of amides is 2. The van der Waals surface area contributed by atoms with E-state index in [0.717, 1.165) is 11.3 Å². The normalized spacial score (nSPS) is 14.9. The summed E-state index contributed by atoms with van der Waals surface area (Å²) in [6.45, 7) is 2.00. The Morgan fingerprint density at radius 2 is 1.64 bits per heavy atom. The van der Waals surface area contributed by atoms with E-state index in [1.807, 2.05) is 12.1 Å². The molecule has 3 aromatic rings. The summed E-state index contributed by atoms with van der Waals surface area (Å²) in [4.78, 5) is 31.2. The largest absolute Gasteiger partial charge is 0.481 e. The van der Waals surface area contributed by atoms with Gasteiger partial charge in [-0.1, -0.05) is 55.1 Å². The van der Waals surface area contributed by atoms with Crippen LogP contribution in [0.4, 0.5) is 5.69 Å². The molecule has 1 unspecified atom stereocenters. The molecule has 39 heavy (non-hydrogen) atoms. The molecular formula is C30H32ClN5O3. The van der Waals surface area contributed by atoms with E-state index in [1.54, 1.807) is 60.4 Å². The lowest BCUT2D eigenvalue weighted by Crippen LogP contribution is -2.40. The first-order valence-corrected chi connectivity index (χ1v) is 13.4. The van der Waals surface area contributed by atoms with E-state index in [0.29, 0.717) is 22.3 Å². The number of nitrogens with one attached hydrogen (secondary N) is 1. The number of nitrogens with two attached hydrogens (primary N) is 1. The highest BCUT2D eigenvalue weighted by Crippen LogP contribution is 2.33. The Morgan fingerprint density at radius 3 is 2.26 bits per heavy atom. The van der Waals surface area contributed by atoms with Crippen molar-refractivity contribution in [3.05, 3.63) is 94.5 Å². The second kappa shape index (κ2) is 13.2. The van der Waals surface area contributed by atoms with Crippen LogP contribution in [0.1, 0.15) is 66.4 Å². The number of aliphatic imine (C=N–C) groups is 1. The van der Waals surface area contributed by atoms with E-state index in [9.17, 15) is 9.59 Å². The number of hydrogen-bond acceptors (Lipinski definition) is 4. The minimum atomic E-state index is -0.754. The zero-order chi connectivity index (χ0) is 27.8. The quantitative estimate of drug-likeness (QED) is 0.182. The smallest absolute Gasteiger partial charge is 0.280 e. The van der Waals surface area contributed by atoms with Crippen molar-refractivity contribution < 1.29 is 14.3 Å². The number of carbonyl (C=O) groups is 2. The third kappa shape index (κ3) is 7.51. The lowest BCUT2D eigenvalue weighted by atomic mass is 9.84. The summed E-state index contributed by atoms with van der Waals surface area (Å²) in [5, 5.41) is 3.53. The molecule has 3 aromatic carbocycles. The molecule has 0 saturated heterocycles. The van der Waals surface area contributed by atoms with Gasteiger partial charge in [0.1, 0.15) is 5.75 Å². The molecule has 8 nitrogen and oxygen atoms in total. The monoisotopic (exact) mass is 545 g/mol. The SMILES string of the molecule is CC(Oc1ccc(Cl)cc1)C(=O)N(Cc1ccc(C(=O)N=C(N)N=N)cc1)c1ccc(C2CCCCC2)cc1. The number of hydrogen-bond donors (Lipinski definition) is 2. The molecule has 4 rings (SSSR count). The second-order valence-electron chi connectivity index (χ2n) is 9.65. The highest BCUT2D eigenvalue weighted by Gasteiger charge is 2.25. The van der Waals surface area contributed by atoms with Crippen LogP contribution >= 0.6 is 11.6 Å². The number of nitrogens with zero attached hydrogens (tertiary/aromatic N) is 3. The van der Waals surface area contributed by atoms with Crippen molar-refractivity contribution in [3.63, 3.8) is 0 Å². The van der Waals surface area contributed by atoms with Gasteiger partial charge in [-0.25, -0.2) is 5.53 Å². The molecular weight excluding hydrogens is 514 g/mol. The number of halogens is 1. The number of benzene rings is 3. The lowest BCUT2D eigenvalue weighted by molar-refractivity contribution is -0.124. The van der Waals surface area contributed by atoms with Crippen LogP contribution in [0.2, 0.25) is 5.02 Å². The Labute approximate surface area is 233 Å².